The maximum atomic E-state index is 12.6. The predicted octanol–water partition coefficient (Wildman–Crippen LogP) is 1.87. The number of amides is 2. The highest BCUT2D eigenvalue weighted by molar-refractivity contribution is 5.82. The molecule has 1 aliphatic heterocycles. The van der Waals surface area contributed by atoms with Gasteiger partial charge in [-0.1, -0.05) is 13.8 Å². The molecule has 1 fully saturated rings. The standard InChI is InChI=1S/C16H30N2O5/c1-11(2)14(15(19)20)17(3)16(21)18-8-6-7-12(10-18)9-13(22-4)23-5/h11-14H,6-10H2,1-5H3,(H,19,20)/t12?,14-/m0/s1. The third kappa shape index (κ3) is 5.35. The van der Waals surface area contributed by atoms with Gasteiger partial charge in [0.1, 0.15) is 6.04 Å². The summed E-state index contributed by atoms with van der Waals surface area (Å²) in [5, 5.41) is 9.35. The number of nitrogens with zero attached hydrogens (tertiary/aromatic N) is 2. The van der Waals surface area contributed by atoms with Crippen LogP contribution in [0.15, 0.2) is 0 Å². The fourth-order valence-electron chi connectivity index (χ4n) is 3.23. The van der Waals surface area contributed by atoms with Gasteiger partial charge in [-0.3, -0.25) is 0 Å². The minimum absolute atomic E-state index is 0.145. The lowest BCUT2D eigenvalue weighted by Gasteiger charge is -2.38. The number of carboxylic acids is 1. The smallest absolute Gasteiger partial charge is 0.326 e. The Morgan fingerprint density at radius 2 is 1.91 bits per heavy atom. The van der Waals surface area contributed by atoms with Gasteiger partial charge in [0.25, 0.3) is 0 Å². The number of piperidine rings is 1. The molecule has 7 heteroatoms. The molecule has 0 aromatic carbocycles. The minimum atomic E-state index is -0.969. The Morgan fingerprint density at radius 3 is 2.39 bits per heavy atom. The van der Waals surface area contributed by atoms with Gasteiger partial charge in [-0.25, -0.2) is 9.59 Å². The molecule has 1 heterocycles. The van der Waals surface area contributed by atoms with E-state index in [4.69, 9.17) is 9.47 Å². The molecule has 0 aliphatic carbocycles. The number of carbonyl (C=O) groups excluding carboxylic acids is 1. The van der Waals surface area contributed by atoms with Gasteiger partial charge in [0.2, 0.25) is 0 Å². The van der Waals surface area contributed by atoms with E-state index in [1.165, 1.54) is 4.90 Å². The molecule has 1 N–H and O–H groups in total. The first-order valence-electron chi connectivity index (χ1n) is 8.11. The van der Waals surface area contributed by atoms with Crippen LogP contribution in [0.25, 0.3) is 0 Å². The first kappa shape index (κ1) is 19.7. The number of likely N-dealkylation sites (tertiary alicyclic amines) is 1. The fraction of sp³-hybridized carbons (Fsp3) is 0.875. The largest absolute Gasteiger partial charge is 0.480 e. The van der Waals surface area contributed by atoms with Crippen molar-refractivity contribution >= 4 is 12.0 Å². The number of carboxylic acid groups (broad SMARTS) is 1. The third-order valence-electron chi connectivity index (χ3n) is 4.44. The molecule has 0 spiro atoms. The third-order valence-corrected chi connectivity index (χ3v) is 4.44. The lowest BCUT2D eigenvalue weighted by Crippen LogP contribution is -2.53. The molecule has 1 unspecified atom stereocenters. The first-order chi connectivity index (χ1) is 10.8. The number of hydrogen-bond acceptors (Lipinski definition) is 4. The van der Waals surface area contributed by atoms with Gasteiger partial charge in [0.15, 0.2) is 6.29 Å². The molecule has 2 atom stereocenters. The predicted molar refractivity (Wildman–Crippen MR) is 86.1 cm³/mol. The van der Waals surface area contributed by atoms with E-state index in [-0.39, 0.29) is 18.2 Å². The minimum Gasteiger partial charge on any atom is -0.480 e. The quantitative estimate of drug-likeness (QED) is 0.721. The summed E-state index contributed by atoms with van der Waals surface area (Å²) in [4.78, 5) is 27.1. The molecule has 0 radical (unpaired) electrons. The monoisotopic (exact) mass is 330 g/mol. The van der Waals surface area contributed by atoms with Crippen LogP contribution in [0.2, 0.25) is 0 Å². The maximum absolute atomic E-state index is 12.6. The number of rotatable bonds is 7. The van der Waals surface area contributed by atoms with Crippen molar-refractivity contribution in [3.8, 4) is 0 Å². The fourth-order valence-corrected chi connectivity index (χ4v) is 3.23. The maximum Gasteiger partial charge on any atom is 0.326 e. The van der Waals surface area contributed by atoms with Gasteiger partial charge in [-0.15, -0.1) is 0 Å². The molecule has 23 heavy (non-hydrogen) atoms. The van der Waals surface area contributed by atoms with Crippen molar-refractivity contribution in [2.75, 3.05) is 34.4 Å². The van der Waals surface area contributed by atoms with Gasteiger partial charge >= 0.3 is 12.0 Å². The average Bonchev–Trinajstić information content (AvgIpc) is 2.51. The zero-order valence-corrected chi connectivity index (χ0v) is 14.8. The second-order valence-corrected chi connectivity index (χ2v) is 6.51. The number of carbonyl (C=O) groups is 2. The first-order valence-corrected chi connectivity index (χ1v) is 8.11. The lowest BCUT2D eigenvalue weighted by atomic mass is 9.94. The van der Waals surface area contributed by atoms with Crippen molar-refractivity contribution in [2.45, 2.75) is 45.4 Å². The Bertz CT molecular complexity index is 398. The van der Waals surface area contributed by atoms with Crippen molar-refractivity contribution in [1.29, 1.82) is 0 Å². The van der Waals surface area contributed by atoms with Crippen molar-refractivity contribution in [2.24, 2.45) is 11.8 Å². The average molecular weight is 330 g/mol. The summed E-state index contributed by atoms with van der Waals surface area (Å²) in [7, 11) is 4.78. The van der Waals surface area contributed by atoms with E-state index in [9.17, 15) is 14.7 Å². The number of hydrogen-bond donors (Lipinski definition) is 1. The van der Waals surface area contributed by atoms with Gasteiger partial charge in [0, 0.05) is 40.8 Å². The second-order valence-electron chi connectivity index (χ2n) is 6.51. The summed E-state index contributed by atoms with van der Waals surface area (Å²) in [6.07, 6.45) is 2.38. The van der Waals surface area contributed by atoms with Crippen LogP contribution in [0, 0.1) is 11.8 Å². The Hall–Kier alpha value is -1.34. The second kappa shape index (κ2) is 9.08. The van der Waals surface area contributed by atoms with Crippen molar-refractivity contribution in [1.82, 2.24) is 9.80 Å². The van der Waals surface area contributed by atoms with Crippen LogP contribution >= 0.6 is 0 Å². The Balaban J connectivity index is 2.69. The molecule has 134 valence electrons. The van der Waals surface area contributed by atoms with Crippen LogP contribution in [0.3, 0.4) is 0 Å². The van der Waals surface area contributed by atoms with Gasteiger partial charge < -0.3 is 24.4 Å². The van der Waals surface area contributed by atoms with E-state index in [0.29, 0.717) is 19.0 Å². The molecular formula is C16H30N2O5. The van der Waals surface area contributed by atoms with Gasteiger partial charge in [-0.05, 0) is 24.7 Å². The summed E-state index contributed by atoms with van der Waals surface area (Å²) in [5.41, 5.74) is 0. The summed E-state index contributed by atoms with van der Waals surface area (Å²) >= 11 is 0. The Labute approximate surface area is 138 Å². The van der Waals surface area contributed by atoms with E-state index >= 15 is 0 Å². The van der Waals surface area contributed by atoms with E-state index in [1.807, 2.05) is 13.8 Å². The normalized spacial score (nSPS) is 20.0. The molecule has 0 aromatic rings. The number of likely N-dealkylation sites (N-methyl/N-ethyl adjacent to an activating group) is 1. The molecular weight excluding hydrogens is 300 g/mol. The van der Waals surface area contributed by atoms with Crippen molar-refractivity contribution < 1.29 is 24.2 Å². The van der Waals surface area contributed by atoms with Gasteiger partial charge in [0.05, 0.1) is 0 Å². The van der Waals surface area contributed by atoms with Crippen LogP contribution in [-0.2, 0) is 14.3 Å². The summed E-state index contributed by atoms with van der Waals surface area (Å²) in [6.45, 7) is 4.89. The summed E-state index contributed by atoms with van der Waals surface area (Å²) in [5.74, 6) is -0.815. The van der Waals surface area contributed by atoms with E-state index < -0.39 is 12.0 Å². The van der Waals surface area contributed by atoms with Crippen LogP contribution in [0.4, 0.5) is 4.79 Å². The molecule has 0 bridgehead atoms. The number of urea groups is 1. The molecule has 1 saturated heterocycles. The molecule has 0 aromatic heterocycles. The molecule has 0 saturated carbocycles. The Kier molecular flexibility index (Phi) is 7.78. The number of ether oxygens (including phenoxy) is 2. The molecule has 2 amide bonds. The summed E-state index contributed by atoms with van der Waals surface area (Å²) in [6, 6.07) is -1.03. The topological polar surface area (TPSA) is 79.3 Å². The summed E-state index contributed by atoms with van der Waals surface area (Å²) < 4.78 is 10.5. The van der Waals surface area contributed by atoms with Crippen LogP contribution < -0.4 is 0 Å². The van der Waals surface area contributed by atoms with E-state index in [0.717, 1.165) is 19.3 Å². The van der Waals surface area contributed by atoms with Crippen LogP contribution in [0.1, 0.15) is 33.1 Å². The van der Waals surface area contributed by atoms with E-state index in [1.54, 1.807) is 26.2 Å². The molecule has 7 nitrogen and oxygen atoms in total. The van der Waals surface area contributed by atoms with Crippen LogP contribution in [0.5, 0.6) is 0 Å². The zero-order chi connectivity index (χ0) is 17.6. The highest BCUT2D eigenvalue weighted by Crippen LogP contribution is 2.24. The lowest BCUT2D eigenvalue weighted by molar-refractivity contribution is -0.143. The Morgan fingerprint density at radius 1 is 1.30 bits per heavy atom. The number of methoxy groups -OCH3 is 2. The van der Waals surface area contributed by atoms with Crippen molar-refractivity contribution in [3.05, 3.63) is 0 Å². The highest BCUT2D eigenvalue weighted by atomic mass is 16.7. The SMILES string of the molecule is COC(CC1CCCN(C(=O)N(C)[C@H](C(=O)O)C(C)C)C1)OC. The number of aliphatic carboxylic acids is 1. The highest BCUT2D eigenvalue weighted by Gasteiger charge is 2.34. The van der Waals surface area contributed by atoms with Gasteiger partial charge in [-0.2, -0.15) is 0 Å². The van der Waals surface area contributed by atoms with E-state index in [2.05, 4.69) is 0 Å². The molecule has 1 rings (SSSR count). The van der Waals surface area contributed by atoms with Crippen LogP contribution in [-0.4, -0.2) is 73.6 Å². The van der Waals surface area contributed by atoms with Crippen molar-refractivity contribution in [3.63, 3.8) is 0 Å². The zero-order valence-electron chi connectivity index (χ0n) is 14.8. The molecule has 1 aliphatic rings.